The maximum Gasteiger partial charge on any atom is -0.0221 e. The van der Waals surface area contributed by atoms with Gasteiger partial charge in [-0.2, -0.15) is 0 Å². The zero-order valence-electron chi connectivity index (χ0n) is 13.1. The minimum absolute atomic E-state index is 1.03. The summed E-state index contributed by atoms with van der Waals surface area (Å²) in [7, 11) is 0. The third-order valence-electron chi connectivity index (χ3n) is 3.22. The van der Waals surface area contributed by atoms with Gasteiger partial charge in [-0.1, -0.05) is 48.6 Å². The van der Waals surface area contributed by atoms with Crippen molar-refractivity contribution in [2.45, 2.75) is 27.7 Å². The van der Waals surface area contributed by atoms with E-state index >= 15 is 0 Å². The fraction of sp³-hybridized carbons (Fsp3) is 0.200. The van der Waals surface area contributed by atoms with Crippen LogP contribution in [0.4, 0.5) is 0 Å². The van der Waals surface area contributed by atoms with Gasteiger partial charge in [0, 0.05) is 0 Å². The Morgan fingerprint density at radius 1 is 0.500 bits per heavy atom. The monoisotopic (exact) mass is 264 g/mol. The summed E-state index contributed by atoms with van der Waals surface area (Å²) < 4.78 is 0. The Kier molecular flexibility index (Phi) is 5.10. The van der Waals surface area contributed by atoms with Crippen LogP contribution in [-0.2, 0) is 0 Å². The summed E-state index contributed by atoms with van der Waals surface area (Å²) in [5.41, 5.74) is 8.55. The van der Waals surface area contributed by atoms with Crippen LogP contribution in [0.3, 0.4) is 0 Å². The molecule has 1 rings (SSSR count). The summed E-state index contributed by atoms with van der Waals surface area (Å²) in [6.07, 6.45) is 8.51. The topological polar surface area (TPSA) is 0 Å². The van der Waals surface area contributed by atoms with E-state index in [9.17, 15) is 0 Å². The van der Waals surface area contributed by atoms with Gasteiger partial charge in [0.2, 0.25) is 0 Å². The van der Waals surface area contributed by atoms with Gasteiger partial charge in [0.25, 0.3) is 0 Å². The SMILES string of the molecule is C=C(C)C1=C/C(C(=C)C)=C\C(C(=C)C)=C/C(C(=C)C)=C1. The minimum atomic E-state index is 1.03. The van der Waals surface area contributed by atoms with Crippen molar-refractivity contribution < 1.29 is 0 Å². The second-order valence-corrected chi connectivity index (χ2v) is 5.52. The summed E-state index contributed by atoms with van der Waals surface area (Å²) in [5.74, 6) is 0. The molecule has 0 heterocycles. The zero-order valence-corrected chi connectivity index (χ0v) is 13.1. The van der Waals surface area contributed by atoms with E-state index in [1.54, 1.807) is 0 Å². The molecule has 0 bridgehead atoms. The first kappa shape index (κ1) is 16.0. The highest BCUT2D eigenvalue weighted by Crippen LogP contribution is 2.27. The molecule has 0 aromatic carbocycles. The zero-order chi connectivity index (χ0) is 15.4. The number of hydrogen-bond donors (Lipinski definition) is 0. The van der Waals surface area contributed by atoms with Gasteiger partial charge in [0.05, 0.1) is 0 Å². The first-order valence-corrected chi connectivity index (χ1v) is 6.72. The van der Waals surface area contributed by atoms with E-state index in [0.29, 0.717) is 0 Å². The molecular formula is C20H24. The third kappa shape index (κ3) is 3.96. The van der Waals surface area contributed by atoms with E-state index < -0.39 is 0 Å². The molecule has 0 aliphatic heterocycles. The smallest absolute Gasteiger partial charge is 0.0221 e. The van der Waals surface area contributed by atoms with Crippen molar-refractivity contribution in [1.29, 1.82) is 0 Å². The summed E-state index contributed by atoms with van der Waals surface area (Å²) in [6, 6.07) is 0. The molecule has 0 amide bonds. The van der Waals surface area contributed by atoms with Gasteiger partial charge < -0.3 is 0 Å². The summed E-state index contributed by atoms with van der Waals surface area (Å²) in [4.78, 5) is 0. The van der Waals surface area contributed by atoms with Crippen molar-refractivity contribution >= 4 is 0 Å². The average molecular weight is 264 g/mol. The number of allylic oxidation sites excluding steroid dienone is 12. The maximum atomic E-state index is 4.06. The van der Waals surface area contributed by atoms with Crippen LogP contribution in [0.25, 0.3) is 0 Å². The third-order valence-corrected chi connectivity index (χ3v) is 3.22. The molecule has 0 radical (unpaired) electrons. The van der Waals surface area contributed by atoms with Crippen molar-refractivity contribution in [1.82, 2.24) is 0 Å². The number of rotatable bonds is 4. The van der Waals surface area contributed by atoms with E-state index in [4.69, 9.17) is 0 Å². The molecule has 0 atom stereocenters. The van der Waals surface area contributed by atoms with Crippen molar-refractivity contribution in [3.05, 3.63) is 95.2 Å². The summed E-state index contributed by atoms with van der Waals surface area (Å²) >= 11 is 0. The molecule has 0 aromatic heterocycles. The summed E-state index contributed by atoms with van der Waals surface area (Å²) in [6.45, 7) is 24.3. The van der Waals surface area contributed by atoms with Gasteiger partial charge in [-0.05, 0) is 74.3 Å². The van der Waals surface area contributed by atoms with Gasteiger partial charge in [-0.15, -0.1) is 0 Å². The van der Waals surface area contributed by atoms with Crippen LogP contribution in [0.1, 0.15) is 27.7 Å². The Morgan fingerprint density at radius 3 is 0.750 bits per heavy atom. The van der Waals surface area contributed by atoms with Crippen LogP contribution in [0.15, 0.2) is 95.2 Å². The second-order valence-electron chi connectivity index (χ2n) is 5.52. The highest BCUT2D eigenvalue weighted by molar-refractivity contribution is 5.60. The van der Waals surface area contributed by atoms with Gasteiger partial charge in [-0.25, -0.2) is 0 Å². The second kappa shape index (κ2) is 6.38. The van der Waals surface area contributed by atoms with Gasteiger partial charge in [0.15, 0.2) is 0 Å². The van der Waals surface area contributed by atoms with E-state index in [1.165, 1.54) is 0 Å². The fourth-order valence-electron chi connectivity index (χ4n) is 1.82. The molecular weight excluding hydrogens is 240 g/mol. The van der Waals surface area contributed by atoms with Crippen molar-refractivity contribution in [3.8, 4) is 0 Å². The van der Waals surface area contributed by atoms with Crippen LogP contribution >= 0.6 is 0 Å². The minimum Gasteiger partial charge on any atom is -0.0955 e. The highest BCUT2D eigenvalue weighted by atomic mass is 14.1. The summed E-state index contributed by atoms with van der Waals surface area (Å²) in [5, 5.41) is 0. The van der Waals surface area contributed by atoms with Crippen LogP contribution in [0.5, 0.6) is 0 Å². The lowest BCUT2D eigenvalue weighted by atomic mass is 9.91. The van der Waals surface area contributed by atoms with Crippen molar-refractivity contribution in [2.24, 2.45) is 0 Å². The molecule has 0 unspecified atom stereocenters. The molecule has 0 N–H and O–H groups in total. The average Bonchev–Trinajstić information content (AvgIpc) is 2.26. The molecule has 0 saturated heterocycles. The van der Waals surface area contributed by atoms with Crippen LogP contribution < -0.4 is 0 Å². The quantitative estimate of drug-likeness (QED) is 0.583. The largest absolute Gasteiger partial charge is 0.0955 e. The van der Waals surface area contributed by atoms with Gasteiger partial charge in [0.1, 0.15) is 0 Å². The highest BCUT2D eigenvalue weighted by Gasteiger charge is 2.08. The molecule has 20 heavy (non-hydrogen) atoms. The standard InChI is InChI=1S/C20H24/c1-13(2)17-9-18(14(3)4)11-20(16(7)8)12-19(10-17)15(5)6/h9-12H,1,3,5,7H2,2,4,6,8H3/b17-9+,17-10?,18-9?,18-11+,19-10?,19-12?,20-11?,20-12?. The molecule has 1 aliphatic carbocycles. The van der Waals surface area contributed by atoms with Crippen LogP contribution in [0.2, 0.25) is 0 Å². The molecule has 0 spiro atoms. The normalized spacial score (nSPS) is 20.2. The van der Waals surface area contributed by atoms with E-state index in [0.717, 1.165) is 44.6 Å². The first-order chi connectivity index (χ1) is 9.22. The van der Waals surface area contributed by atoms with E-state index in [1.807, 2.05) is 27.7 Å². The Morgan fingerprint density at radius 2 is 0.650 bits per heavy atom. The van der Waals surface area contributed by atoms with E-state index in [-0.39, 0.29) is 0 Å². The Bertz CT molecular complexity index is 487. The van der Waals surface area contributed by atoms with Gasteiger partial charge in [-0.3, -0.25) is 0 Å². The van der Waals surface area contributed by atoms with Crippen molar-refractivity contribution in [3.63, 3.8) is 0 Å². The van der Waals surface area contributed by atoms with Crippen LogP contribution in [0, 0.1) is 0 Å². The molecule has 1 aliphatic rings. The molecule has 0 saturated carbocycles. The Labute approximate surface area is 123 Å². The first-order valence-electron chi connectivity index (χ1n) is 6.72. The molecule has 0 nitrogen and oxygen atoms in total. The maximum absolute atomic E-state index is 4.06. The molecule has 104 valence electrons. The predicted octanol–water partition coefficient (Wildman–Crippen LogP) is 6.01. The van der Waals surface area contributed by atoms with E-state index in [2.05, 4.69) is 50.6 Å². The fourth-order valence-corrected chi connectivity index (χ4v) is 1.82. The van der Waals surface area contributed by atoms with Gasteiger partial charge >= 0.3 is 0 Å². The predicted molar refractivity (Wildman–Crippen MR) is 91.6 cm³/mol. The Hall–Kier alpha value is -2.08. The molecule has 0 fully saturated rings. The lowest BCUT2D eigenvalue weighted by Crippen LogP contribution is -1.95. The molecule has 0 aromatic rings. The number of hydrogen-bond acceptors (Lipinski definition) is 0. The van der Waals surface area contributed by atoms with Crippen molar-refractivity contribution in [2.75, 3.05) is 0 Å². The molecule has 0 heteroatoms. The lowest BCUT2D eigenvalue weighted by molar-refractivity contribution is 1.31. The Balaban J connectivity index is 3.57. The van der Waals surface area contributed by atoms with Crippen LogP contribution in [-0.4, -0.2) is 0 Å². The lowest BCUT2D eigenvalue weighted by Gasteiger charge is -2.14.